The van der Waals surface area contributed by atoms with Gasteiger partial charge in [-0.05, 0) is 12.3 Å². The zero-order valence-electron chi connectivity index (χ0n) is 13.7. The Kier molecular flexibility index (Phi) is 4.90. The van der Waals surface area contributed by atoms with Gasteiger partial charge in [0, 0.05) is 19.2 Å². The molecule has 1 atom stereocenters. The van der Waals surface area contributed by atoms with Crippen LogP contribution in [0.2, 0.25) is 5.02 Å². The summed E-state index contributed by atoms with van der Waals surface area (Å²) in [4.78, 5) is 21.4. The van der Waals surface area contributed by atoms with Crippen molar-refractivity contribution in [2.45, 2.75) is 38.7 Å². The summed E-state index contributed by atoms with van der Waals surface area (Å²) in [5.41, 5.74) is -0.658. The molecule has 9 heteroatoms. The van der Waals surface area contributed by atoms with Crippen LogP contribution in [0.15, 0.2) is 12.4 Å². The van der Waals surface area contributed by atoms with Crippen LogP contribution in [0.1, 0.15) is 37.6 Å². The van der Waals surface area contributed by atoms with E-state index < -0.39 is 18.3 Å². The minimum absolute atomic E-state index is 0.000667. The Morgan fingerprint density at radius 3 is 2.88 bits per heavy atom. The molecule has 2 aromatic heterocycles. The highest BCUT2D eigenvalue weighted by Crippen LogP contribution is 2.33. The second-order valence-corrected chi connectivity index (χ2v) is 6.76. The topological polar surface area (TPSA) is 50.5 Å². The SMILES string of the molecule is CCCC1CC(=O)N(Cc2c(C(F)(F)CF)nc3ncc(Cl)cn23)C1. The van der Waals surface area contributed by atoms with E-state index in [0.717, 1.165) is 12.8 Å². The minimum Gasteiger partial charge on any atom is -0.336 e. The molecular formula is C16H18ClF3N4O. The van der Waals surface area contributed by atoms with E-state index in [-0.39, 0.29) is 34.9 Å². The molecule has 0 bridgehead atoms. The first kappa shape index (κ1) is 18.0. The maximum atomic E-state index is 14.0. The first-order valence-corrected chi connectivity index (χ1v) is 8.48. The van der Waals surface area contributed by atoms with Crippen LogP contribution in [0.3, 0.4) is 0 Å². The first-order valence-electron chi connectivity index (χ1n) is 8.10. The van der Waals surface area contributed by atoms with Crippen LogP contribution in [0.25, 0.3) is 5.78 Å². The van der Waals surface area contributed by atoms with Gasteiger partial charge in [0.25, 0.3) is 0 Å². The molecule has 3 heterocycles. The summed E-state index contributed by atoms with van der Waals surface area (Å²) in [5, 5.41) is 0.234. The molecule has 1 aliphatic rings. The second kappa shape index (κ2) is 6.82. The fourth-order valence-corrected chi connectivity index (χ4v) is 3.40. The summed E-state index contributed by atoms with van der Waals surface area (Å²) >= 11 is 5.90. The molecule has 0 aromatic carbocycles. The quantitative estimate of drug-likeness (QED) is 0.776. The van der Waals surface area contributed by atoms with Gasteiger partial charge in [0.15, 0.2) is 6.67 Å². The Balaban J connectivity index is 2.00. The minimum atomic E-state index is -3.75. The van der Waals surface area contributed by atoms with E-state index >= 15 is 0 Å². The fourth-order valence-electron chi connectivity index (χ4n) is 3.25. The number of carbonyl (C=O) groups is 1. The number of halogens is 4. The number of alkyl halides is 3. The van der Waals surface area contributed by atoms with Crippen molar-refractivity contribution < 1.29 is 18.0 Å². The number of imidazole rings is 1. The molecule has 1 amide bonds. The Morgan fingerprint density at radius 1 is 1.44 bits per heavy atom. The third-order valence-electron chi connectivity index (χ3n) is 4.39. The Morgan fingerprint density at radius 2 is 2.20 bits per heavy atom. The molecule has 1 fully saturated rings. The third kappa shape index (κ3) is 3.44. The van der Waals surface area contributed by atoms with Gasteiger partial charge in [0.05, 0.1) is 23.5 Å². The monoisotopic (exact) mass is 374 g/mol. The van der Waals surface area contributed by atoms with Crippen molar-refractivity contribution in [3.05, 3.63) is 28.8 Å². The van der Waals surface area contributed by atoms with E-state index in [4.69, 9.17) is 11.6 Å². The molecule has 1 saturated heterocycles. The van der Waals surface area contributed by atoms with Crippen LogP contribution in [-0.4, -0.2) is 38.4 Å². The van der Waals surface area contributed by atoms with Crippen LogP contribution in [0, 0.1) is 5.92 Å². The normalized spacial score (nSPS) is 18.5. The van der Waals surface area contributed by atoms with Gasteiger partial charge in [-0.2, -0.15) is 8.78 Å². The van der Waals surface area contributed by atoms with Gasteiger partial charge in [-0.3, -0.25) is 9.20 Å². The van der Waals surface area contributed by atoms with Crippen molar-refractivity contribution >= 4 is 23.3 Å². The van der Waals surface area contributed by atoms with Crippen LogP contribution in [0.5, 0.6) is 0 Å². The lowest BCUT2D eigenvalue weighted by molar-refractivity contribution is -0.128. The zero-order valence-corrected chi connectivity index (χ0v) is 14.4. The van der Waals surface area contributed by atoms with Gasteiger partial charge in [0.1, 0.15) is 5.69 Å². The number of hydrogen-bond acceptors (Lipinski definition) is 3. The summed E-state index contributed by atoms with van der Waals surface area (Å²) in [6.45, 7) is 0.580. The number of aromatic nitrogens is 3. The van der Waals surface area contributed by atoms with Gasteiger partial charge in [-0.15, -0.1) is 0 Å². The standard InChI is InChI=1S/C16H18ClF3N4O/c1-2-3-10-4-13(25)23(6-10)8-12-14(16(19,20)9-18)22-15-21-5-11(17)7-24(12)15/h5,7,10H,2-4,6,8-9H2,1H3. The maximum Gasteiger partial charge on any atom is 0.319 e. The van der Waals surface area contributed by atoms with Crippen molar-refractivity contribution in [2.24, 2.45) is 5.92 Å². The number of carbonyl (C=O) groups excluding carboxylic acids is 1. The summed E-state index contributed by atoms with van der Waals surface area (Å²) in [5.74, 6) is -3.64. The average molecular weight is 375 g/mol. The molecular weight excluding hydrogens is 357 g/mol. The van der Waals surface area contributed by atoms with E-state index in [1.165, 1.54) is 21.7 Å². The van der Waals surface area contributed by atoms with Crippen molar-refractivity contribution in [3.63, 3.8) is 0 Å². The van der Waals surface area contributed by atoms with E-state index in [9.17, 15) is 18.0 Å². The summed E-state index contributed by atoms with van der Waals surface area (Å²) < 4.78 is 42.3. The number of amides is 1. The maximum absolute atomic E-state index is 14.0. The number of nitrogens with zero attached hydrogens (tertiary/aromatic N) is 4. The van der Waals surface area contributed by atoms with Crippen molar-refractivity contribution in [2.75, 3.05) is 13.2 Å². The molecule has 2 aromatic rings. The Labute approximate surface area is 147 Å². The van der Waals surface area contributed by atoms with Crippen LogP contribution in [-0.2, 0) is 17.3 Å². The van der Waals surface area contributed by atoms with Gasteiger partial charge in [0.2, 0.25) is 11.7 Å². The predicted molar refractivity (Wildman–Crippen MR) is 86.3 cm³/mol. The van der Waals surface area contributed by atoms with Crippen LogP contribution >= 0.6 is 11.6 Å². The fraction of sp³-hybridized carbons (Fsp3) is 0.562. The summed E-state index contributed by atoms with van der Waals surface area (Å²) in [7, 11) is 0. The van der Waals surface area contributed by atoms with Crippen LogP contribution < -0.4 is 0 Å². The highest BCUT2D eigenvalue weighted by atomic mass is 35.5. The Bertz CT molecular complexity index is 795. The molecule has 0 radical (unpaired) electrons. The van der Waals surface area contributed by atoms with Crippen molar-refractivity contribution in [1.29, 1.82) is 0 Å². The predicted octanol–water partition coefficient (Wildman–Crippen LogP) is 3.59. The lowest BCUT2D eigenvalue weighted by Crippen LogP contribution is -2.28. The molecule has 0 spiro atoms. The molecule has 1 unspecified atom stereocenters. The van der Waals surface area contributed by atoms with Crippen molar-refractivity contribution in [1.82, 2.24) is 19.3 Å². The van der Waals surface area contributed by atoms with Crippen molar-refractivity contribution in [3.8, 4) is 0 Å². The van der Waals surface area contributed by atoms with E-state index in [1.807, 2.05) is 6.92 Å². The molecule has 0 aliphatic carbocycles. The molecule has 5 nitrogen and oxygen atoms in total. The largest absolute Gasteiger partial charge is 0.336 e. The summed E-state index contributed by atoms with van der Waals surface area (Å²) in [6.07, 6.45) is 4.93. The van der Waals surface area contributed by atoms with Gasteiger partial charge in [-0.25, -0.2) is 14.4 Å². The number of hydrogen-bond donors (Lipinski definition) is 0. The van der Waals surface area contributed by atoms with Gasteiger partial charge >= 0.3 is 5.92 Å². The third-order valence-corrected chi connectivity index (χ3v) is 4.59. The molecule has 25 heavy (non-hydrogen) atoms. The lowest BCUT2D eigenvalue weighted by atomic mass is 10.0. The molecule has 3 rings (SSSR count). The molecule has 0 N–H and O–H groups in total. The molecule has 1 aliphatic heterocycles. The van der Waals surface area contributed by atoms with Gasteiger partial charge in [-0.1, -0.05) is 24.9 Å². The van der Waals surface area contributed by atoms with Gasteiger partial charge < -0.3 is 4.90 Å². The average Bonchev–Trinajstić information content (AvgIpc) is 3.09. The second-order valence-electron chi connectivity index (χ2n) is 6.32. The zero-order chi connectivity index (χ0) is 18.2. The van der Waals surface area contributed by atoms with E-state index in [2.05, 4.69) is 9.97 Å². The van der Waals surface area contributed by atoms with E-state index in [0.29, 0.717) is 13.0 Å². The van der Waals surface area contributed by atoms with E-state index in [1.54, 1.807) is 0 Å². The lowest BCUT2D eigenvalue weighted by Gasteiger charge is -2.19. The summed E-state index contributed by atoms with van der Waals surface area (Å²) in [6, 6.07) is 0. The number of fused-ring (bicyclic) bond motifs is 1. The highest BCUT2D eigenvalue weighted by molar-refractivity contribution is 6.30. The number of rotatable bonds is 6. The van der Waals surface area contributed by atoms with Crippen LogP contribution in [0.4, 0.5) is 13.2 Å². The molecule has 136 valence electrons. The number of likely N-dealkylation sites (tertiary alicyclic amines) is 1. The highest BCUT2D eigenvalue weighted by Gasteiger charge is 2.40. The Hall–Kier alpha value is -1.83. The smallest absolute Gasteiger partial charge is 0.319 e. The first-order chi connectivity index (χ1) is 11.9. The molecule has 0 saturated carbocycles.